The van der Waals surface area contributed by atoms with Gasteiger partial charge in [0.25, 0.3) is 0 Å². The molecule has 0 atom stereocenters. The summed E-state index contributed by atoms with van der Waals surface area (Å²) in [7, 11) is 0. The number of nitrogens with two attached hydrogens (primary N) is 1. The highest BCUT2D eigenvalue weighted by Crippen LogP contribution is 2.21. The SMILES string of the molecule is CC(C)(CCCNCCc1cccnc1)C(N)=NO. The van der Waals surface area contributed by atoms with E-state index >= 15 is 0 Å². The summed E-state index contributed by atoms with van der Waals surface area (Å²) < 4.78 is 0. The van der Waals surface area contributed by atoms with Gasteiger partial charge in [0.05, 0.1) is 0 Å². The molecule has 0 unspecified atom stereocenters. The maximum absolute atomic E-state index is 8.68. The van der Waals surface area contributed by atoms with Gasteiger partial charge >= 0.3 is 0 Å². The first kappa shape index (κ1) is 15.4. The Morgan fingerprint density at radius 2 is 2.26 bits per heavy atom. The first-order valence-electron chi connectivity index (χ1n) is 6.64. The smallest absolute Gasteiger partial charge is 0.144 e. The summed E-state index contributed by atoms with van der Waals surface area (Å²) >= 11 is 0. The van der Waals surface area contributed by atoms with Gasteiger partial charge in [-0.05, 0) is 44.0 Å². The van der Waals surface area contributed by atoms with Crippen LogP contribution in [0.15, 0.2) is 29.7 Å². The summed E-state index contributed by atoms with van der Waals surface area (Å²) in [6.45, 7) is 5.84. The minimum Gasteiger partial charge on any atom is -0.409 e. The zero-order valence-electron chi connectivity index (χ0n) is 11.8. The van der Waals surface area contributed by atoms with E-state index in [1.54, 1.807) is 6.20 Å². The summed E-state index contributed by atoms with van der Waals surface area (Å²) in [5.74, 6) is 0.294. The molecule has 0 saturated carbocycles. The van der Waals surface area contributed by atoms with Crippen LogP contribution in [0.25, 0.3) is 0 Å². The summed E-state index contributed by atoms with van der Waals surface area (Å²) in [6, 6.07) is 4.03. The fourth-order valence-corrected chi connectivity index (χ4v) is 1.82. The molecule has 1 aromatic heterocycles. The number of oxime groups is 1. The third kappa shape index (κ3) is 5.70. The second-order valence-electron chi connectivity index (χ2n) is 5.33. The molecule has 106 valence electrons. The Morgan fingerprint density at radius 3 is 2.89 bits per heavy atom. The lowest BCUT2D eigenvalue weighted by Gasteiger charge is -2.22. The van der Waals surface area contributed by atoms with E-state index in [1.165, 1.54) is 5.56 Å². The van der Waals surface area contributed by atoms with Crippen molar-refractivity contribution in [1.82, 2.24) is 10.3 Å². The Balaban J connectivity index is 2.12. The monoisotopic (exact) mass is 264 g/mol. The highest BCUT2D eigenvalue weighted by molar-refractivity contribution is 5.85. The van der Waals surface area contributed by atoms with E-state index in [-0.39, 0.29) is 5.41 Å². The van der Waals surface area contributed by atoms with Crippen LogP contribution >= 0.6 is 0 Å². The summed E-state index contributed by atoms with van der Waals surface area (Å²) in [5, 5.41) is 15.2. The Morgan fingerprint density at radius 1 is 1.47 bits per heavy atom. The number of nitrogens with one attached hydrogen (secondary N) is 1. The first-order chi connectivity index (χ1) is 9.06. The standard InChI is InChI=1S/C14H24N4O/c1-14(2,13(15)18-19)7-4-9-16-10-6-12-5-3-8-17-11-12/h3,5,8,11,16,19H,4,6-7,9-10H2,1-2H3,(H2,15,18). The summed E-state index contributed by atoms with van der Waals surface area (Å²) in [6.07, 6.45) is 6.55. The van der Waals surface area contributed by atoms with E-state index < -0.39 is 0 Å². The van der Waals surface area contributed by atoms with Crippen molar-refractivity contribution < 1.29 is 5.21 Å². The zero-order chi connectivity index (χ0) is 14.1. The molecule has 1 heterocycles. The minimum atomic E-state index is -0.250. The van der Waals surface area contributed by atoms with Crippen LogP contribution in [0.5, 0.6) is 0 Å². The molecule has 1 rings (SSSR count). The molecule has 5 heteroatoms. The number of rotatable bonds is 8. The predicted octanol–water partition coefficient (Wildman–Crippen LogP) is 1.77. The molecule has 0 fully saturated rings. The van der Waals surface area contributed by atoms with Gasteiger partial charge in [-0.1, -0.05) is 25.1 Å². The van der Waals surface area contributed by atoms with Crippen molar-refractivity contribution in [2.24, 2.45) is 16.3 Å². The van der Waals surface area contributed by atoms with Gasteiger partial charge in [0.2, 0.25) is 0 Å². The number of hydrogen-bond donors (Lipinski definition) is 3. The first-order valence-corrected chi connectivity index (χ1v) is 6.64. The third-order valence-electron chi connectivity index (χ3n) is 3.27. The van der Waals surface area contributed by atoms with E-state index in [9.17, 15) is 0 Å². The quantitative estimate of drug-likeness (QED) is 0.220. The third-order valence-corrected chi connectivity index (χ3v) is 3.27. The highest BCUT2D eigenvalue weighted by atomic mass is 16.4. The minimum absolute atomic E-state index is 0.250. The topological polar surface area (TPSA) is 83.5 Å². The zero-order valence-corrected chi connectivity index (χ0v) is 11.8. The van der Waals surface area contributed by atoms with Crippen LogP contribution < -0.4 is 11.1 Å². The molecule has 0 aliphatic rings. The van der Waals surface area contributed by atoms with Crippen LogP contribution in [0, 0.1) is 5.41 Å². The molecule has 0 bridgehead atoms. The van der Waals surface area contributed by atoms with Crippen molar-refractivity contribution in [1.29, 1.82) is 0 Å². The molecule has 1 aromatic rings. The largest absolute Gasteiger partial charge is 0.409 e. The van der Waals surface area contributed by atoms with Crippen LogP contribution in [-0.4, -0.2) is 29.1 Å². The molecule has 0 radical (unpaired) electrons. The molecular formula is C14H24N4O. The van der Waals surface area contributed by atoms with Gasteiger partial charge in [-0.25, -0.2) is 0 Å². The van der Waals surface area contributed by atoms with Gasteiger partial charge in [-0.15, -0.1) is 0 Å². The Bertz CT molecular complexity index is 390. The van der Waals surface area contributed by atoms with Gasteiger partial charge < -0.3 is 16.3 Å². The van der Waals surface area contributed by atoms with Crippen LogP contribution in [0.4, 0.5) is 0 Å². The van der Waals surface area contributed by atoms with E-state index in [4.69, 9.17) is 10.9 Å². The van der Waals surface area contributed by atoms with Gasteiger partial charge in [0.1, 0.15) is 5.84 Å². The van der Waals surface area contributed by atoms with Crippen LogP contribution in [-0.2, 0) is 6.42 Å². The highest BCUT2D eigenvalue weighted by Gasteiger charge is 2.22. The van der Waals surface area contributed by atoms with E-state index in [1.807, 2.05) is 26.1 Å². The van der Waals surface area contributed by atoms with E-state index in [0.29, 0.717) is 5.84 Å². The second-order valence-corrected chi connectivity index (χ2v) is 5.33. The average molecular weight is 264 g/mol. The molecule has 0 saturated heterocycles. The Hall–Kier alpha value is -1.62. The normalized spacial score (nSPS) is 12.6. The van der Waals surface area contributed by atoms with Gasteiger partial charge in [-0.2, -0.15) is 0 Å². The van der Waals surface area contributed by atoms with Crippen molar-refractivity contribution >= 4 is 5.84 Å². The molecule has 19 heavy (non-hydrogen) atoms. The maximum atomic E-state index is 8.68. The second kappa shape index (κ2) is 7.74. The number of amidine groups is 1. The number of nitrogens with zero attached hydrogens (tertiary/aromatic N) is 2. The lowest BCUT2D eigenvalue weighted by atomic mass is 9.86. The van der Waals surface area contributed by atoms with Crippen molar-refractivity contribution in [3.05, 3.63) is 30.1 Å². The molecule has 0 spiro atoms. The molecule has 0 aliphatic carbocycles. The molecule has 4 N–H and O–H groups in total. The van der Waals surface area contributed by atoms with E-state index in [0.717, 1.165) is 32.4 Å². The predicted molar refractivity (Wildman–Crippen MR) is 77.2 cm³/mol. The lowest BCUT2D eigenvalue weighted by molar-refractivity contribution is 0.304. The number of hydrogen-bond acceptors (Lipinski definition) is 4. The fraction of sp³-hybridized carbons (Fsp3) is 0.571. The molecular weight excluding hydrogens is 240 g/mol. The van der Waals surface area contributed by atoms with E-state index in [2.05, 4.69) is 21.5 Å². The van der Waals surface area contributed by atoms with Crippen molar-refractivity contribution in [2.75, 3.05) is 13.1 Å². The molecule has 5 nitrogen and oxygen atoms in total. The lowest BCUT2D eigenvalue weighted by Crippen LogP contribution is -2.32. The summed E-state index contributed by atoms with van der Waals surface area (Å²) in [4.78, 5) is 4.08. The van der Waals surface area contributed by atoms with Gasteiger partial charge in [0.15, 0.2) is 0 Å². The maximum Gasteiger partial charge on any atom is 0.144 e. The van der Waals surface area contributed by atoms with Crippen LogP contribution in [0.2, 0.25) is 0 Å². The van der Waals surface area contributed by atoms with Gasteiger partial charge in [-0.3, -0.25) is 4.98 Å². The van der Waals surface area contributed by atoms with Gasteiger partial charge in [0, 0.05) is 17.8 Å². The Labute approximate surface area is 114 Å². The van der Waals surface area contributed by atoms with Crippen LogP contribution in [0.1, 0.15) is 32.3 Å². The average Bonchev–Trinajstić information content (AvgIpc) is 2.42. The van der Waals surface area contributed by atoms with Crippen molar-refractivity contribution in [3.8, 4) is 0 Å². The Kier molecular flexibility index (Phi) is 6.29. The fourth-order valence-electron chi connectivity index (χ4n) is 1.82. The molecule has 0 aliphatic heterocycles. The summed E-state index contributed by atoms with van der Waals surface area (Å²) in [5.41, 5.74) is 6.63. The van der Waals surface area contributed by atoms with Crippen molar-refractivity contribution in [2.45, 2.75) is 33.1 Å². The van der Waals surface area contributed by atoms with Crippen LogP contribution in [0.3, 0.4) is 0 Å². The van der Waals surface area contributed by atoms with Crippen molar-refractivity contribution in [3.63, 3.8) is 0 Å². The molecule has 0 amide bonds. The number of aromatic nitrogens is 1. The number of pyridine rings is 1. The molecule has 0 aromatic carbocycles.